The van der Waals surface area contributed by atoms with Crippen molar-refractivity contribution in [3.63, 3.8) is 0 Å². The van der Waals surface area contributed by atoms with E-state index in [4.69, 9.17) is 4.11 Å². The van der Waals surface area contributed by atoms with Gasteiger partial charge in [-0.25, -0.2) is 4.57 Å². The Kier molecular flexibility index (Phi) is 3.73. The summed E-state index contributed by atoms with van der Waals surface area (Å²) in [5, 5.41) is 0. The van der Waals surface area contributed by atoms with E-state index in [1.807, 2.05) is 17.7 Å². The number of rotatable bonds is 2. The minimum Gasteiger partial charge on any atom is -0.201 e. The second-order valence-electron chi connectivity index (χ2n) is 9.40. The molecule has 1 nitrogen and oxygen atoms in total. The predicted octanol–water partition coefficient (Wildman–Crippen LogP) is 6.54. The molecule has 0 saturated heterocycles. The van der Waals surface area contributed by atoms with E-state index in [9.17, 15) is 0 Å². The molecule has 3 aromatic rings. The van der Waals surface area contributed by atoms with Gasteiger partial charge in [-0.3, -0.25) is 0 Å². The molecule has 0 amide bonds. The number of aryl methyl sites for hydroxylation is 3. The summed E-state index contributed by atoms with van der Waals surface area (Å²) in [7, 11) is 1.92. The molecule has 4 rings (SSSR count). The second-order valence-corrected chi connectivity index (χ2v) is 9.40. The predicted molar refractivity (Wildman–Crippen MR) is 123 cm³/mol. The maximum Gasteiger partial charge on any atom is 0.212 e. The van der Waals surface area contributed by atoms with Gasteiger partial charge in [0.2, 0.25) is 5.69 Å². The summed E-state index contributed by atoms with van der Waals surface area (Å²) in [6, 6.07) is 18.9. The first-order chi connectivity index (χ1) is 14.8. The lowest BCUT2D eigenvalue weighted by Crippen LogP contribution is -2.39. The largest absolute Gasteiger partial charge is 0.212 e. The van der Waals surface area contributed by atoms with E-state index in [2.05, 4.69) is 83.2 Å². The van der Waals surface area contributed by atoms with Crippen LogP contribution in [0.5, 0.6) is 0 Å². The Labute approximate surface area is 180 Å². The molecule has 29 heavy (non-hydrogen) atoms. The van der Waals surface area contributed by atoms with Crippen LogP contribution in [0.25, 0.3) is 16.8 Å². The SMILES string of the molecule is [2H]C([2H])([2H])c1ccc(-c2cc3c(cc2C)C(c2ccccc2)=CC(C)(C)C3(C)C)[n+](C)c1. The number of allylic oxidation sites excluding steroid dienone is 1. The van der Waals surface area contributed by atoms with E-state index in [1.54, 1.807) is 12.3 Å². The van der Waals surface area contributed by atoms with Crippen molar-refractivity contribution in [1.29, 1.82) is 0 Å². The average molecular weight is 386 g/mol. The highest BCUT2D eigenvalue weighted by Crippen LogP contribution is 2.52. The number of hydrogen-bond acceptors (Lipinski definition) is 0. The molecule has 1 heteroatoms. The van der Waals surface area contributed by atoms with Crippen LogP contribution in [0.4, 0.5) is 0 Å². The van der Waals surface area contributed by atoms with Crippen LogP contribution in [0.2, 0.25) is 0 Å². The first kappa shape index (κ1) is 16.2. The molecule has 0 bridgehead atoms. The fourth-order valence-electron chi connectivity index (χ4n) is 4.43. The van der Waals surface area contributed by atoms with Crippen molar-refractivity contribution in [2.75, 3.05) is 0 Å². The van der Waals surface area contributed by atoms with Gasteiger partial charge in [-0.1, -0.05) is 70.2 Å². The van der Waals surface area contributed by atoms with Gasteiger partial charge in [0, 0.05) is 21.3 Å². The van der Waals surface area contributed by atoms with Crippen LogP contribution in [0, 0.1) is 19.2 Å². The van der Waals surface area contributed by atoms with Crippen LogP contribution >= 0.6 is 0 Å². The number of nitrogens with zero attached hydrogens (tertiary/aromatic N) is 1. The lowest BCUT2D eigenvalue weighted by Gasteiger charge is -2.46. The Morgan fingerprint density at radius 2 is 1.62 bits per heavy atom. The molecule has 0 aliphatic heterocycles. The summed E-state index contributed by atoms with van der Waals surface area (Å²) in [5.74, 6) is 0. The fraction of sp³-hybridized carbons (Fsp3) is 0.321. The molecule has 1 aliphatic rings. The molecule has 0 N–H and O–H groups in total. The minimum atomic E-state index is -2.11. The summed E-state index contributed by atoms with van der Waals surface area (Å²) in [5.41, 5.74) is 8.70. The summed E-state index contributed by atoms with van der Waals surface area (Å²) in [6.45, 7) is 9.29. The zero-order valence-electron chi connectivity index (χ0n) is 21.3. The highest BCUT2D eigenvalue weighted by molar-refractivity contribution is 5.86. The average Bonchev–Trinajstić information content (AvgIpc) is 2.71. The number of aromatic nitrogens is 1. The van der Waals surface area contributed by atoms with Gasteiger partial charge in [-0.05, 0) is 64.6 Å². The maximum atomic E-state index is 7.73. The Morgan fingerprint density at radius 3 is 2.28 bits per heavy atom. The van der Waals surface area contributed by atoms with Crippen molar-refractivity contribution in [2.24, 2.45) is 12.5 Å². The normalized spacial score (nSPS) is 18.8. The van der Waals surface area contributed by atoms with Gasteiger partial charge in [0.15, 0.2) is 6.20 Å². The lowest BCUT2D eigenvalue weighted by atomic mass is 9.58. The molecule has 148 valence electrons. The van der Waals surface area contributed by atoms with Crippen molar-refractivity contribution < 1.29 is 8.68 Å². The highest BCUT2D eigenvalue weighted by Gasteiger charge is 2.42. The van der Waals surface area contributed by atoms with Crippen LogP contribution < -0.4 is 4.57 Å². The number of pyridine rings is 1. The third-order valence-electron chi connectivity index (χ3n) is 6.94. The number of hydrogen-bond donors (Lipinski definition) is 0. The van der Waals surface area contributed by atoms with Crippen molar-refractivity contribution >= 4 is 5.57 Å². The number of fused-ring (bicyclic) bond motifs is 1. The molecule has 1 aliphatic carbocycles. The van der Waals surface area contributed by atoms with Gasteiger partial charge in [-0.2, -0.15) is 0 Å². The topological polar surface area (TPSA) is 3.88 Å². The van der Waals surface area contributed by atoms with E-state index in [1.165, 1.54) is 27.8 Å². The van der Waals surface area contributed by atoms with E-state index < -0.39 is 6.85 Å². The van der Waals surface area contributed by atoms with Crippen molar-refractivity contribution in [1.82, 2.24) is 0 Å². The van der Waals surface area contributed by atoms with E-state index >= 15 is 0 Å². The quantitative estimate of drug-likeness (QED) is 0.441. The summed E-state index contributed by atoms with van der Waals surface area (Å²) in [6.07, 6.45) is 4.15. The molecular formula is C28H32N+. The molecule has 0 fully saturated rings. The third-order valence-corrected chi connectivity index (χ3v) is 6.94. The minimum absolute atomic E-state index is 0.0367. The standard InChI is InChI=1S/C28H32N/c1-19-13-14-26(29(7)18-19)22-16-25-23(15-20(22)2)24(21-11-9-8-10-12-21)17-27(3,4)28(25,5)6/h8-18H,1-7H3/q+1/i1D3. The van der Waals surface area contributed by atoms with Gasteiger partial charge in [-0.15, -0.1) is 0 Å². The maximum absolute atomic E-state index is 7.73. The van der Waals surface area contributed by atoms with Crippen molar-refractivity contribution in [3.8, 4) is 11.3 Å². The van der Waals surface area contributed by atoms with Crippen LogP contribution in [-0.2, 0) is 12.5 Å². The van der Waals surface area contributed by atoms with Crippen molar-refractivity contribution in [2.45, 2.75) is 46.9 Å². The molecular weight excluding hydrogens is 350 g/mol. The van der Waals surface area contributed by atoms with Crippen LogP contribution in [-0.4, -0.2) is 0 Å². The Hall–Kier alpha value is -2.67. The van der Waals surface area contributed by atoms with Crippen LogP contribution in [0.1, 0.15) is 59.6 Å². The molecule has 0 unspecified atom stereocenters. The molecule has 0 radical (unpaired) electrons. The van der Waals surface area contributed by atoms with Gasteiger partial charge < -0.3 is 0 Å². The summed E-state index contributed by atoms with van der Waals surface area (Å²) >= 11 is 0. The van der Waals surface area contributed by atoms with E-state index in [-0.39, 0.29) is 10.8 Å². The van der Waals surface area contributed by atoms with E-state index in [0.717, 1.165) is 11.3 Å². The first-order valence-corrected chi connectivity index (χ1v) is 10.3. The Balaban J connectivity index is 1.95. The molecule has 0 spiro atoms. The van der Waals surface area contributed by atoms with Crippen molar-refractivity contribution in [3.05, 3.63) is 94.7 Å². The van der Waals surface area contributed by atoms with E-state index in [0.29, 0.717) is 5.56 Å². The lowest BCUT2D eigenvalue weighted by molar-refractivity contribution is -0.660. The van der Waals surface area contributed by atoms with Gasteiger partial charge >= 0.3 is 0 Å². The van der Waals surface area contributed by atoms with Crippen LogP contribution in [0.15, 0.2) is 66.9 Å². The summed E-state index contributed by atoms with van der Waals surface area (Å²) < 4.78 is 25.1. The number of benzene rings is 2. The van der Waals surface area contributed by atoms with Gasteiger partial charge in [0.25, 0.3) is 0 Å². The molecule has 1 aromatic heterocycles. The van der Waals surface area contributed by atoms with Gasteiger partial charge in [0.1, 0.15) is 7.05 Å². The highest BCUT2D eigenvalue weighted by atomic mass is 14.9. The monoisotopic (exact) mass is 385 g/mol. The smallest absolute Gasteiger partial charge is 0.201 e. The molecule has 0 atom stereocenters. The molecule has 0 saturated carbocycles. The zero-order chi connectivity index (χ0) is 23.5. The Bertz CT molecular complexity index is 1220. The summed E-state index contributed by atoms with van der Waals surface area (Å²) in [4.78, 5) is 0. The van der Waals surface area contributed by atoms with Crippen LogP contribution in [0.3, 0.4) is 0 Å². The first-order valence-electron chi connectivity index (χ1n) is 11.8. The second kappa shape index (κ2) is 6.69. The Morgan fingerprint density at radius 1 is 0.897 bits per heavy atom. The fourth-order valence-corrected chi connectivity index (χ4v) is 4.43. The third kappa shape index (κ3) is 3.13. The zero-order valence-corrected chi connectivity index (χ0v) is 18.3. The van der Waals surface area contributed by atoms with Gasteiger partial charge in [0.05, 0.1) is 0 Å². The molecule has 1 heterocycles. The molecule has 2 aromatic carbocycles.